The van der Waals surface area contributed by atoms with E-state index >= 15 is 4.39 Å². The van der Waals surface area contributed by atoms with Crippen LogP contribution >= 0.6 is 0 Å². The standard InChI is InChI=1S/C30H31FN4O2/c1-19(2)22-13-14-23(27(28(22)31)20-9-4-3-5-10-20)29(34-30(37)24-11-8-15-32-24)25(36)17-21-18-33-26-12-6-7-16-35(21)26/h3-7,9-10,12-14,16,18-19,24,29,32H,8,11,15,17H2,1-2H3,(H,34,37). The average Bonchev–Trinajstić information content (AvgIpc) is 3.58. The number of benzene rings is 2. The van der Waals surface area contributed by atoms with Gasteiger partial charge < -0.3 is 15.0 Å². The number of imidazole rings is 1. The largest absolute Gasteiger partial charge is 0.341 e. The first-order chi connectivity index (χ1) is 17.9. The quantitative estimate of drug-likeness (QED) is 0.359. The predicted molar refractivity (Wildman–Crippen MR) is 142 cm³/mol. The maximum atomic E-state index is 16.1. The normalized spacial score (nSPS) is 16.3. The molecule has 1 saturated heterocycles. The number of Topliss-reactive ketones (excluding diaryl/α,β-unsaturated/α-hetero) is 1. The van der Waals surface area contributed by atoms with Gasteiger partial charge in [-0.25, -0.2) is 9.37 Å². The first kappa shape index (κ1) is 24.8. The number of aromatic nitrogens is 2. The molecule has 2 atom stereocenters. The molecule has 190 valence electrons. The first-order valence-electron chi connectivity index (χ1n) is 12.8. The van der Waals surface area contributed by atoms with Gasteiger partial charge in [-0.05, 0) is 54.1 Å². The number of pyridine rings is 1. The Hall–Kier alpha value is -3.84. The molecule has 5 rings (SSSR count). The highest BCUT2D eigenvalue weighted by molar-refractivity contribution is 5.94. The van der Waals surface area contributed by atoms with Gasteiger partial charge in [-0.15, -0.1) is 0 Å². The fourth-order valence-corrected chi connectivity index (χ4v) is 5.07. The Balaban J connectivity index is 1.60. The van der Waals surface area contributed by atoms with Gasteiger partial charge in [0.05, 0.1) is 12.5 Å². The van der Waals surface area contributed by atoms with E-state index in [4.69, 9.17) is 0 Å². The Morgan fingerprint density at radius 1 is 1.08 bits per heavy atom. The van der Waals surface area contributed by atoms with Crippen LogP contribution in [0.3, 0.4) is 0 Å². The van der Waals surface area contributed by atoms with Crippen molar-refractivity contribution in [1.29, 1.82) is 0 Å². The zero-order valence-electron chi connectivity index (χ0n) is 21.1. The summed E-state index contributed by atoms with van der Waals surface area (Å²) in [6, 6.07) is 17.0. The molecule has 0 bridgehead atoms. The predicted octanol–water partition coefficient (Wildman–Crippen LogP) is 4.98. The monoisotopic (exact) mass is 498 g/mol. The minimum atomic E-state index is -1.02. The average molecular weight is 499 g/mol. The van der Waals surface area contributed by atoms with Crippen LogP contribution in [0, 0.1) is 5.82 Å². The smallest absolute Gasteiger partial charge is 0.237 e. The second kappa shape index (κ2) is 10.6. The molecule has 2 aromatic heterocycles. The molecular formula is C30H31FN4O2. The molecule has 3 heterocycles. The molecule has 0 saturated carbocycles. The molecule has 37 heavy (non-hydrogen) atoms. The summed E-state index contributed by atoms with van der Waals surface area (Å²) in [5.74, 6) is -0.882. The molecule has 2 N–H and O–H groups in total. The summed E-state index contributed by atoms with van der Waals surface area (Å²) in [5, 5.41) is 6.17. The molecular weight excluding hydrogens is 467 g/mol. The van der Waals surface area contributed by atoms with Gasteiger partial charge in [-0.1, -0.05) is 62.4 Å². The third-order valence-electron chi connectivity index (χ3n) is 7.03. The van der Waals surface area contributed by atoms with Crippen molar-refractivity contribution in [1.82, 2.24) is 20.0 Å². The number of hydrogen-bond acceptors (Lipinski definition) is 4. The minimum Gasteiger partial charge on any atom is -0.341 e. The van der Waals surface area contributed by atoms with Gasteiger partial charge in [0.1, 0.15) is 17.5 Å². The van der Waals surface area contributed by atoms with E-state index in [9.17, 15) is 9.59 Å². The second-order valence-electron chi connectivity index (χ2n) is 9.87. The van der Waals surface area contributed by atoms with Crippen molar-refractivity contribution in [3.8, 4) is 11.1 Å². The SMILES string of the molecule is CC(C)c1ccc(C(NC(=O)C2CCCN2)C(=O)Cc2cnc3ccccn23)c(-c2ccccc2)c1F. The minimum absolute atomic E-state index is 0.0377. The van der Waals surface area contributed by atoms with Gasteiger partial charge in [-0.2, -0.15) is 0 Å². The summed E-state index contributed by atoms with van der Waals surface area (Å²) in [5.41, 5.74) is 3.48. The summed E-state index contributed by atoms with van der Waals surface area (Å²) in [4.78, 5) is 31.5. The van der Waals surface area contributed by atoms with Crippen molar-refractivity contribution in [2.45, 2.75) is 51.1 Å². The van der Waals surface area contributed by atoms with Crippen LogP contribution in [0.5, 0.6) is 0 Å². The molecule has 1 amide bonds. The van der Waals surface area contributed by atoms with E-state index in [1.165, 1.54) is 0 Å². The van der Waals surface area contributed by atoms with Crippen LogP contribution in [0.4, 0.5) is 4.39 Å². The maximum Gasteiger partial charge on any atom is 0.237 e. The Morgan fingerprint density at radius 2 is 1.84 bits per heavy atom. The molecule has 2 aromatic carbocycles. The van der Waals surface area contributed by atoms with E-state index in [0.29, 0.717) is 34.4 Å². The first-order valence-corrected chi connectivity index (χ1v) is 12.8. The van der Waals surface area contributed by atoms with Crippen LogP contribution in [0.15, 0.2) is 73.1 Å². The van der Waals surface area contributed by atoms with E-state index in [0.717, 1.165) is 18.6 Å². The number of halogens is 1. The number of nitrogens with zero attached hydrogens (tertiary/aromatic N) is 2. The molecule has 7 heteroatoms. The Labute approximate surface area is 215 Å². The number of hydrogen-bond donors (Lipinski definition) is 2. The zero-order chi connectivity index (χ0) is 25.9. The highest BCUT2D eigenvalue weighted by atomic mass is 19.1. The maximum absolute atomic E-state index is 16.1. The van der Waals surface area contributed by atoms with E-state index in [2.05, 4.69) is 15.6 Å². The van der Waals surface area contributed by atoms with Gasteiger partial charge in [0.2, 0.25) is 5.91 Å². The van der Waals surface area contributed by atoms with E-state index in [-0.39, 0.29) is 35.9 Å². The summed E-state index contributed by atoms with van der Waals surface area (Å²) >= 11 is 0. The third kappa shape index (κ3) is 5.04. The molecule has 1 aliphatic rings. The van der Waals surface area contributed by atoms with E-state index < -0.39 is 6.04 Å². The number of carbonyl (C=O) groups excluding carboxylic acids is 2. The number of ketones is 1. The highest BCUT2D eigenvalue weighted by Gasteiger charge is 2.32. The van der Waals surface area contributed by atoms with Crippen LogP contribution in [0.1, 0.15) is 55.5 Å². The van der Waals surface area contributed by atoms with Gasteiger partial charge in [-0.3, -0.25) is 9.59 Å². The molecule has 4 aromatic rings. The lowest BCUT2D eigenvalue weighted by molar-refractivity contribution is -0.128. The van der Waals surface area contributed by atoms with Crippen molar-refractivity contribution >= 4 is 17.3 Å². The third-order valence-corrected chi connectivity index (χ3v) is 7.03. The molecule has 6 nitrogen and oxygen atoms in total. The molecule has 0 radical (unpaired) electrons. The van der Waals surface area contributed by atoms with Crippen LogP contribution in [0.25, 0.3) is 16.8 Å². The van der Waals surface area contributed by atoms with Crippen molar-refractivity contribution < 1.29 is 14.0 Å². The van der Waals surface area contributed by atoms with E-state index in [1.807, 2.05) is 73.0 Å². The number of carbonyl (C=O) groups is 2. The van der Waals surface area contributed by atoms with Crippen molar-refractivity contribution in [3.63, 3.8) is 0 Å². The topological polar surface area (TPSA) is 75.5 Å². The Bertz CT molecular complexity index is 1420. The number of nitrogens with one attached hydrogen (secondary N) is 2. The van der Waals surface area contributed by atoms with Crippen molar-refractivity contribution in [2.24, 2.45) is 0 Å². The molecule has 1 aliphatic heterocycles. The number of rotatable bonds is 8. The Morgan fingerprint density at radius 3 is 2.57 bits per heavy atom. The summed E-state index contributed by atoms with van der Waals surface area (Å²) in [7, 11) is 0. The zero-order valence-corrected chi connectivity index (χ0v) is 21.1. The number of fused-ring (bicyclic) bond motifs is 1. The van der Waals surface area contributed by atoms with Crippen LogP contribution in [-0.4, -0.2) is 33.7 Å². The summed E-state index contributed by atoms with van der Waals surface area (Å²) in [6.07, 6.45) is 5.16. The number of amides is 1. The Kier molecular flexibility index (Phi) is 7.15. The van der Waals surface area contributed by atoms with Gasteiger partial charge >= 0.3 is 0 Å². The van der Waals surface area contributed by atoms with Gasteiger partial charge in [0.15, 0.2) is 5.78 Å². The van der Waals surface area contributed by atoms with Crippen LogP contribution in [-0.2, 0) is 16.0 Å². The van der Waals surface area contributed by atoms with E-state index in [1.54, 1.807) is 18.3 Å². The highest BCUT2D eigenvalue weighted by Crippen LogP contribution is 2.36. The van der Waals surface area contributed by atoms with Crippen molar-refractivity contribution in [2.75, 3.05) is 6.54 Å². The second-order valence-corrected chi connectivity index (χ2v) is 9.87. The summed E-state index contributed by atoms with van der Waals surface area (Å²) < 4.78 is 17.9. The van der Waals surface area contributed by atoms with Gasteiger partial charge in [0, 0.05) is 23.7 Å². The lowest BCUT2D eigenvalue weighted by Gasteiger charge is -2.25. The summed E-state index contributed by atoms with van der Waals surface area (Å²) in [6.45, 7) is 4.63. The van der Waals surface area contributed by atoms with Gasteiger partial charge in [0.25, 0.3) is 0 Å². The molecule has 0 spiro atoms. The van der Waals surface area contributed by atoms with Crippen LogP contribution < -0.4 is 10.6 Å². The fourth-order valence-electron chi connectivity index (χ4n) is 5.07. The lowest BCUT2D eigenvalue weighted by atomic mass is 9.87. The lowest BCUT2D eigenvalue weighted by Crippen LogP contribution is -2.44. The molecule has 0 aliphatic carbocycles. The van der Waals surface area contributed by atoms with Crippen molar-refractivity contribution in [3.05, 3.63) is 95.7 Å². The molecule has 1 fully saturated rings. The molecule has 2 unspecified atom stereocenters. The fraction of sp³-hybridized carbons (Fsp3) is 0.300. The van der Waals surface area contributed by atoms with Crippen LogP contribution in [0.2, 0.25) is 0 Å².